The molecule has 0 aliphatic carbocycles. The number of nitrogen functional groups attached to an aromatic ring is 1. The summed E-state index contributed by atoms with van der Waals surface area (Å²) in [5, 5.41) is 38.9. The molecule has 0 aromatic carbocycles. The van der Waals surface area contributed by atoms with Crippen LogP contribution in [0.2, 0.25) is 0 Å². The highest BCUT2D eigenvalue weighted by Crippen LogP contribution is 2.22. The van der Waals surface area contributed by atoms with E-state index in [1.807, 2.05) is 12.4 Å². The third kappa shape index (κ3) is 5.42. The molecule has 0 saturated carbocycles. The molecule has 3 heterocycles. The molecule has 1 unspecified atom stereocenters. The second-order valence-corrected chi connectivity index (χ2v) is 7.94. The Bertz CT molecular complexity index is 839. The van der Waals surface area contributed by atoms with Gasteiger partial charge in [-0.25, -0.2) is 9.97 Å². The Morgan fingerprint density at radius 1 is 1.23 bits per heavy atom. The van der Waals surface area contributed by atoms with Crippen molar-refractivity contribution < 1.29 is 46.9 Å². The Hall–Kier alpha value is -1.44. The van der Waals surface area contributed by atoms with Crippen molar-refractivity contribution >= 4 is 17.2 Å². The van der Waals surface area contributed by atoms with Gasteiger partial charge < -0.3 is 48.0 Å². The first-order chi connectivity index (χ1) is 13.8. The van der Waals surface area contributed by atoms with E-state index < -0.39 is 37.3 Å². The highest BCUT2D eigenvalue weighted by Gasteiger charge is 2.43. The Labute approximate surface area is 184 Å². The van der Waals surface area contributed by atoms with Gasteiger partial charge in [0.25, 0.3) is 0 Å². The number of thiazole rings is 1. The summed E-state index contributed by atoms with van der Waals surface area (Å²) in [7, 11) is 0. The lowest BCUT2D eigenvalue weighted by Gasteiger charge is -2.39. The summed E-state index contributed by atoms with van der Waals surface area (Å²) in [5.74, 6) is 1.09. The number of aromatic nitrogens is 3. The number of nitrogens with zero attached hydrogens (tertiary/aromatic N) is 3. The molecule has 0 amide bonds. The van der Waals surface area contributed by atoms with Crippen molar-refractivity contribution in [3.8, 4) is 0 Å². The van der Waals surface area contributed by atoms with Crippen LogP contribution in [0, 0.1) is 13.8 Å². The van der Waals surface area contributed by atoms with Crippen molar-refractivity contribution in [3.63, 3.8) is 0 Å². The predicted octanol–water partition coefficient (Wildman–Crippen LogP) is -4.56. The minimum Gasteiger partial charge on any atom is -1.00 e. The van der Waals surface area contributed by atoms with E-state index in [1.165, 1.54) is 0 Å². The maximum Gasteiger partial charge on any atom is 0.225 e. The summed E-state index contributed by atoms with van der Waals surface area (Å²) in [6, 6.07) is 0. The summed E-state index contributed by atoms with van der Waals surface area (Å²) >= 11 is 1.57. The first-order valence-corrected chi connectivity index (χ1v) is 10.2. The number of nitrogens with two attached hydrogens (primary N) is 1. The maximum absolute atomic E-state index is 10.0. The summed E-state index contributed by atoms with van der Waals surface area (Å²) in [5.41, 5.74) is 9.84. The largest absolute Gasteiger partial charge is 1.00 e. The Morgan fingerprint density at radius 3 is 2.63 bits per heavy atom. The van der Waals surface area contributed by atoms with Crippen molar-refractivity contribution in [2.45, 2.75) is 57.5 Å². The lowest BCUT2D eigenvalue weighted by molar-refractivity contribution is -0.689. The summed E-state index contributed by atoms with van der Waals surface area (Å²) < 4.78 is 13.0. The van der Waals surface area contributed by atoms with E-state index in [2.05, 4.69) is 14.5 Å². The van der Waals surface area contributed by atoms with Crippen molar-refractivity contribution in [3.05, 3.63) is 33.7 Å². The number of halogens is 1. The van der Waals surface area contributed by atoms with Crippen molar-refractivity contribution in [1.29, 1.82) is 0 Å². The van der Waals surface area contributed by atoms with Crippen LogP contribution in [-0.4, -0.2) is 74.3 Å². The second-order valence-electron chi connectivity index (χ2n) is 7.01. The average molecular weight is 463 g/mol. The molecule has 30 heavy (non-hydrogen) atoms. The number of aliphatic hydroxyl groups is 4. The molecule has 1 aliphatic rings. The van der Waals surface area contributed by atoms with E-state index >= 15 is 0 Å². The molecular formula is C18H27ClN4O6S. The standard InChI is InChI=1S/C18H27N4O6S.ClH/c1-9-13(29-8-22(9)6-11-5-20-10(2)21-17(11)19)3-4-27-18-16(26)15(25)14(24)12(7-23)28-18;/h5,8,12,14-16,18,23-26H,3-4,6-7H2,1-2H3,(H2,19,20,21);1H/q+1;/p-1/t12-,14+,15+,16-,18?;/m1./s1. The van der Waals surface area contributed by atoms with Crippen LogP contribution in [0.1, 0.15) is 22.0 Å². The molecule has 1 saturated heterocycles. The van der Waals surface area contributed by atoms with Gasteiger partial charge in [-0.1, -0.05) is 11.3 Å². The van der Waals surface area contributed by atoms with E-state index in [4.69, 9.17) is 15.2 Å². The van der Waals surface area contributed by atoms with Crippen molar-refractivity contribution in [1.82, 2.24) is 9.97 Å². The number of hydrogen-bond acceptors (Lipinski definition) is 10. The molecule has 1 aliphatic heterocycles. The highest BCUT2D eigenvalue weighted by molar-refractivity contribution is 7.09. The second kappa shape index (κ2) is 10.7. The van der Waals surface area contributed by atoms with Crippen molar-refractivity contribution in [2.75, 3.05) is 18.9 Å². The monoisotopic (exact) mass is 462 g/mol. The molecule has 0 bridgehead atoms. The predicted molar refractivity (Wildman–Crippen MR) is 103 cm³/mol. The first kappa shape index (κ1) is 24.8. The molecule has 6 N–H and O–H groups in total. The summed E-state index contributed by atoms with van der Waals surface area (Å²) in [6.45, 7) is 4.09. The molecule has 0 radical (unpaired) electrons. The minimum absolute atomic E-state index is 0. The highest BCUT2D eigenvalue weighted by atomic mass is 35.5. The third-order valence-electron chi connectivity index (χ3n) is 4.98. The minimum atomic E-state index is -1.45. The van der Waals surface area contributed by atoms with Gasteiger partial charge in [0.1, 0.15) is 36.1 Å². The zero-order valence-corrected chi connectivity index (χ0v) is 18.3. The van der Waals surface area contributed by atoms with E-state index in [-0.39, 0.29) is 19.0 Å². The fraction of sp³-hybridized carbons (Fsp3) is 0.611. The molecule has 10 nitrogen and oxygen atoms in total. The van der Waals surface area contributed by atoms with Gasteiger partial charge in [-0.05, 0) is 6.92 Å². The molecular weight excluding hydrogens is 436 g/mol. The van der Waals surface area contributed by atoms with Crippen LogP contribution in [-0.2, 0) is 22.4 Å². The van der Waals surface area contributed by atoms with Gasteiger partial charge >= 0.3 is 0 Å². The van der Waals surface area contributed by atoms with Gasteiger partial charge in [-0.15, -0.1) is 0 Å². The van der Waals surface area contributed by atoms with E-state index in [1.54, 1.807) is 24.5 Å². The average Bonchev–Trinajstić information content (AvgIpc) is 3.03. The SMILES string of the molecule is Cc1ncc(C[n+]2csc(CCOC3O[C@H](CO)[C@H](O)[C@H](O)[C@H]3O)c2C)c(N)n1.[Cl-]. The zero-order valence-electron chi connectivity index (χ0n) is 16.7. The van der Waals surface area contributed by atoms with E-state index in [0.29, 0.717) is 24.6 Å². The van der Waals surface area contributed by atoms with Crippen LogP contribution in [0.4, 0.5) is 5.82 Å². The number of anilines is 1. The number of aryl methyl sites for hydroxylation is 1. The van der Waals surface area contributed by atoms with Crippen LogP contribution in [0.5, 0.6) is 0 Å². The molecule has 2 aromatic heterocycles. The van der Waals surface area contributed by atoms with Crippen LogP contribution >= 0.6 is 11.3 Å². The van der Waals surface area contributed by atoms with E-state index in [9.17, 15) is 20.4 Å². The topological polar surface area (TPSA) is 155 Å². The lowest BCUT2D eigenvalue weighted by Crippen LogP contribution is -3.00. The number of rotatable bonds is 7. The molecule has 3 rings (SSSR count). The van der Waals surface area contributed by atoms with Gasteiger partial charge in [0.05, 0.1) is 23.7 Å². The maximum atomic E-state index is 10.0. The number of hydrogen-bond donors (Lipinski definition) is 5. The molecule has 1 fully saturated rings. The Balaban J connectivity index is 0.00000320. The van der Waals surface area contributed by atoms with Gasteiger partial charge in [0.2, 0.25) is 5.51 Å². The number of ether oxygens (including phenoxy) is 2. The zero-order chi connectivity index (χ0) is 21.1. The van der Waals surface area contributed by atoms with Crippen LogP contribution in [0.3, 0.4) is 0 Å². The van der Waals surface area contributed by atoms with Crippen LogP contribution in [0.25, 0.3) is 0 Å². The Morgan fingerprint density at radius 2 is 1.97 bits per heavy atom. The fourth-order valence-electron chi connectivity index (χ4n) is 3.14. The lowest BCUT2D eigenvalue weighted by atomic mass is 9.99. The van der Waals surface area contributed by atoms with Gasteiger partial charge in [0, 0.05) is 19.5 Å². The molecule has 0 spiro atoms. The van der Waals surface area contributed by atoms with Crippen LogP contribution < -0.4 is 22.7 Å². The smallest absolute Gasteiger partial charge is 0.225 e. The molecule has 168 valence electrons. The summed E-state index contributed by atoms with van der Waals surface area (Å²) in [6.07, 6.45) is -4.05. The quantitative estimate of drug-likeness (QED) is 0.256. The fourth-order valence-corrected chi connectivity index (χ4v) is 4.11. The molecule has 12 heteroatoms. The summed E-state index contributed by atoms with van der Waals surface area (Å²) in [4.78, 5) is 9.46. The first-order valence-electron chi connectivity index (χ1n) is 9.28. The van der Waals surface area contributed by atoms with Crippen molar-refractivity contribution in [2.24, 2.45) is 0 Å². The molecule has 5 atom stereocenters. The normalized spacial score (nSPS) is 26.4. The third-order valence-corrected chi connectivity index (χ3v) is 6.12. The van der Waals surface area contributed by atoms with Gasteiger partial charge in [-0.3, -0.25) is 0 Å². The molecule has 2 aromatic rings. The van der Waals surface area contributed by atoms with Gasteiger partial charge in [0.15, 0.2) is 18.5 Å². The number of aliphatic hydroxyl groups excluding tert-OH is 4. The van der Waals surface area contributed by atoms with Gasteiger partial charge in [-0.2, -0.15) is 4.57 Å². The van der Waals surface area contributed by atoms with Crippen LogP contribution in [0.15, 0.2) is 11.7 Å². The Kier molecular flexibility index (Phi) is 8.88. The van der Waals surface area contributed by atoms with E-state index in [0.717, 1.165) is 16.1 Å².